The van der Waals surface area contributed by atoms with E-state index in [0.717, 1.165) is 0 Å². The lowest BCUT2D eigenvalue weighted by Gasteiger charge is -2.29. The first-order valence-electron chi connectivity index (χ1n) is 3.29. The summed E-state index contributed by atoms with van der Waals surface area (Å²) in [7, 11) is 0. The Kier molecular flexibility index (Phi) is 3.65. The summed E-state index contributed by atoms with van der Waals surface area (Å²) in [6.45, 7) is 0. The highest BCUT2D eigenvalue weighted by atomic mass is 19.4. The van der Waals surface area contributed by atoms with Gasteiger partial charge in [-0.25, -0.2) is 9.53 Å². The molecule has 0 aromatic rings. The Hall–Kier alpha value is -1.20. The summed E-state index contributed by atoms with van der Waals surface area (Å²) in [5.41, 5.74) is 0. The molecule has 0 heterocycles. The molecule has 0 aromatic heterocycles. The molecule has 0 fully saturated rings. The Morgan fingerprint density at radius 2 is 1.24 bits per heavy atom. The van der Waals surface area contributed by atoms with Crippen molar-refractivity contribution in [2.45, 2.75) is 24.3 Å². The second kappa shape index (κ2) is 3.92. The maximum absolute atomic E-state index is 12.3. The third-order valence-electron chi connectivity index (χ3n) is 1.27. The number of rotatable bonds is 4. The Morgan fingerprint density at radius 1 is 0.882 bits per heavy atom. The van der Waals surface area contributed by atoms with Crippen LogP contribution in [0, 0.1) is 0 Å². The minimum absolute atomic E-state index is 1.50. The van der Waals surface area contributed by atoms with Gasteiger partial charge in [0.05, 0.1) is 0 Å². The van der Waals surface area contributed by atoms with E-state index in [0.29, 0.717) is 0 Å². The van der Waals surface area contributed by atoms with E-state index in [1.165, 1.54) is 4.74 Å². The van der Waals surface area contributed by atoms with Gasteiger partial charge in [0.1, 0.15) is 0 Å². The molecule has 0 radical (unpaired) electrons. The van der Waals surface area contributed by atoms with Crippen molar-refractivity contribution in [3.05, 3.63) is 0 Å². The van der Waals surface area contributed by atoms with Crippen molar-refractivity contribution in [3.8, 4) is 0 Å². The predicted octanol–water partition coefficient (Wildman–Crippen LogP) is 2.47. The number of ether oxygens (including phenoxy) is 1. The highest BCUT2D eigenvalue weighted by Gasteiger charge is 2.78. The van der Waals surface area contributed by atoms with E-state index >= 15 is 0 Å². The second-order valence-corrected chi connectivity index (χ2v) is 2.52. The van der Waals surface area contributed by atoms with Crippen LogP contribution in [0.25, 0.3) is 0 Å². The molecule has 0 unspecified atom stereocenters. The van der Waals surface area contributed by atoms with Crippen LogP contribution in [0.3, 0.4) is 0 Å². The first-order valence-corrected chi connectivity index (χ1v) is 3.29. The zero-order valence-corrected chi connectivity index (χ0v) is 7.17. The van der Waals surface area contributed by atoms with Crippen LogP contribution in [0.5, 0.6) is 0 Å². The van der Waals surface area contributed by atoms with Crippen LogP contribution >= 0.6 is 0 Å². The largest absolute Gasteiger partial charge is 0.527 e. The van der Waals surface area contributed by atoms with E-state index in [2.05, 4.69) is 0 Å². The molecule has 0 saturated carbocycles. The van der Waals surface area contributed by atoms with Crippen molar-refractivity contribution < 1.29 is 54.2 Å². The average molecular weight is 280 g/mol. The van der Waals surface area contributed by atoms with Crippen molar-refractivity contribution >= 4 is 5.97 Å². The summed E-state index contributed by atoms with van der Waals surface area (Å²) < 4.78 is 108. The van der Waals surface area contributed by atoms with Crippen molar-refractivity contribution in [2.24, 2.45) is 0 Å². The van der Waals surface area contributed by atoms with Gasteiger partial charge in [-0.05, 0) is 0 Å². The van der Waals surface area contributed by atoms with Crippen molar-refractivity contribution in [1.29, 1.82) is 0 Å². The molecule has 0 aliphatic carbocycles. The van der Waals surface area contributed by atoms with Crippen molar-refractivity contribution in [3.63, 3.8) is 0 Å². The predicted molar refractivity (Wildman–Crippen MR) is 29.6 cm³/mol. The second-order valence-electron chi connectivity index (χ2n) is 2.52. The molecule has 1 N–H and O–H groups in total. The molecule has 0 aromatic carbocycles. The zero-order valence-electron chi connectivity index (χ0n) is 7.17. The van der Waals surface area contributed by atoms with E-state index in [9.17, 15) is 44.3 Å². The van der Waals surface area contributed by atoms with Gasteiger partial charge < -0.3 is 5.11 Å². The number of carboxylic acid groups (broad SMARTS) is 1. The van der Waals surface area contributed by atoms with Gasteiger partial charge in [-0.1, -0.05) is 0 Å². The summed E-state index contributed by atoms with van der Waals surface area (Å²) in [5.74, 6) is -17.1. The molecule has 0 amide bonds. The molecular weight excluding hydrogens is 279 g/mol. The van der Waals surface area contributed by atoms with Crippen LogP contribution in [-0.2, 0) is 9.53 Å². The van der Waals surface area contributed by atoms with Gasteiger partial charge in [-0.15, -0.1) is 13.2 Å². The minimum Gasteiger partial charge on any atom is -0.477 e. The maximum atomic E-state index is 12.3. The number of carboxylic acids is 1. The Morgan fingerprint density at radius 3 is 1.47 bits per heavy atom. The van der Waals surface area contributed by atoms with Crippen LogP contribution in [0.1, 0.15) is 0 Å². The lowest BCUT2D eigenvalue weighted by Crippen LogP contribution is -2.60. The quantitative estimate of drug-likeness (QED) is 0.805. The molecule has 17 heavy (non-hydrogen) atoms. The third kappa shape index (κ3) is 2.92. The molecule has 0 bridgehead atoms. The van der Waals surface area contributed by atoms with E-state index in [1.54, 1.807) is 0 Å². The van der Waals surface area contributed by atoms with Gasteiger partial charge in [0, 0.05) is 0 Å². The van der Waals surface area contributed by atoms with Gasteiger partial charge in [0.25, 0.3) is 0 Å². The van der Waals surface area contributed by atoms with Crippen LogP contribution in [-0.4, -0.2) is 35.4 Å². The fourth-order valence-electron chi connectivity index (χ4n) is 0.527. The Balaban J connectivity index is 5.37. The SMILES string of the molecule is O=C(O)C(F)(F)C(F)(F)C(F)(F)OC(F)(F)F. The van der Waals surface area contributed by atoms with Crippen molar-refractivity contribution in [1.82, 2.24) is 0 Å². The molecule has 0 saturated heterocycles. The first-order chi connectivity index (χ1) is 7.15. The number of hydrogen-bond donors (Lipinski definition) is 1. The highest BCUT2D eigenvalue weighted by Crippen LogP contribution is 2.48. The Labute approximate surface area is 85.8 Å². The maximum Gasteiger partial charge on any atom is 0.527 e. The fourth-order valence-corrected chi connectivity index (χ4v) is 0.527. The molecule has 102 valence electrons. The number of halogens is 9. The molecule has 0 spiro atoms. The topological polar surface area (TPSA) is 46.5 Å². The fraction of sp³-hybridized carbons (Fsp3) is 0.800. The highest BCUT2D eigenvalue weighted by molar-refractivity contribution is 5.76. The number of hydrogen-bond acceptors (Lipinski definition) is 2. The molecule has 12 heteroatoms. The van der Waals surface area contributed by atoms with Gasteiger partial charge in [-0.2, -0.15) is 26.3 Å². The van der Waals surface area contributed by atoms with Crippen molar-refractivity contribution in [2.75, 3.05) is 0 Å². The lowest BCUT2D eigenvalue weighted by molar-refractivity contribution is -0.482. The summed E-state index contributed by atoms with van der Waals surface area (Å²) in [5, 5.41) is 7.54. The van der Waals surface area contributed by atoms with E-state index in [4.69, 9.17) is 5.11 Å². The minimum atomic E-state index is -6.89. The summed E-state index contributed by atoms with van der Waals surface area (Å²) in [6.07, 6.45) is -13.1. The van der Waals surface area contributed by atoms with E-state index in [-0.39, 0.29) is 0 Å². The summed E-state index contributed by atoms with van der Waals surface area (Å²) >= 11 is 0. The molecular formula is C5HF9O3. The standard InChI is InChI=1S/C5HF9O3/c6-2(7,1(15)16)3(8,9)4(10,11)17-5(12,13)14/h(H,15,16). The smallest absolute Gasteiger partial charge is 0.477 e. The lowest BCUT2D eigenvalue weighted by atomic mass is 10.1. The van der Waals surface area contributed by atoms with Crippen LogP contribution in [0.15, 0.2) is 0 Å². The molecule has 0 aliphatic rings. The normalized spacial score (nSPS) is 14.9. The molecule has 0 rings (SSSR count). The summed E-state index contributed by atoms with van der Waals surface area (Å²) in [4.78, 5) is 9.58. The molecule has 3 nitrogen and oxygen atoms in total. The third-order valence-corrected chi connectivity index (χ3v) is 1.27. The van der Waals surface area contributed by atoms with Crippen LogP contribution < -0.4 is 0 Å². The van der Waals surface area contributed by atoms with E-state index < -0.39 is 30.3 Å². The average Bonchev–Trinajstić information content (AvgIpc) is 1.98. The molecule has 0 aliphatic heterocycles. The van der Waals surface area contributed by atoms with Gasteiger partial charge >= 0.3 is 30.3 Å². The van der Waals surface area contributed by atoms with Crippen LogP contribution in [0.2, 0.25) is 0 Å². The zero-order chi connectivity index (χ0) is 14.3. The monoisotopic (exact) mass is 280 g/mol. The molecule has 0 atom stereocenters. The number of carbonyl (C=O) groups is 1. The summed E-state index contributed by atoms with van der Waals surface area (Å²) in [6, 6.07) is 0. The van der Waals surface area contributed by atoms with Gasteiger partial charge in [0.15, 0.2) is 0 Å². The van der Waals surface area contributed by atoms with Gasteiger partial charge in [-0.3, -0.25) is 0 Å². The van der Waals surface area contributed by atoms with Gasteiger partial charge in [0.2, 0.25) is 0 Å². The van der Waals surface area contributed by atoms with E-state index in [1.807, 2.05) is 0 Å². The number of alkyl halides is 9. The van der Waals surface area contributed by atoms with Crippen LogP contribution in [0.4, 0.5) is 39.5 Å². The Bertz CT molecular complexity index is 306. The first kappa shape index (κ1) is 15.8. The number of aliphatic carboxylic acids is 1.